The maximum absolute atomic E-state index is 13.7. The van der Waals surface area contributed by atoms with Crippen molar-refractivity contribution in [3.8, 4) is 0 Å². The van der Waals surface area contributed by atoms with Crippen molar-refractivity contribution in [2.75, 3.05) is 32.5 Å². The highest BCUT2D eigenvalue weighted by Gasteiger charge is 2.48. The Hall–Kier alpha value is -4.19. The lowest BCUT2D eigenvalue weighted by molar-refractivity contribution is -0.111. The number of anilines is 1. The van der Waals surface area contributed by atoms with Gasteiger partial charge in [0.2, 0.25) is 5.91 Å². The number of nitrogens with one attached hydrogen (secondary N) is 6. The second-order valence-electron chi connectivity index (χ2n) is 12.9. The van der Waals surface area contributed by atoms with Crippen molar-refractivity contribution in [3.05, 3.63) is 89.6 Å². The van der Waals surface area contributed by atoms with Crippen LogP contribution in [0.3, 0.4) is 0 Å². The largest absolute Gasteiger partial charge is 0.349 e. The van der Waals surface area contributed by atoms with Crippen LogP contribution in [-0.4, -0.2) is 78.6 Å². The van der Waals surface area contributed by atoms with Crippen LogP contribution in [0.2, 0.25) is 0 Å². The number of nitrogens with zero attached hydrogens (tertiary/aromatic N) is 2. The summed E-state index contributed by atoms with van der Waals surface area (Å²) in [5.74, 6) is -0.406. The first-order chi connectivity index (χ1) is 21.5. The number of urea groups is 1. The lowest BCUT2D eigenvalue weighted by Gasteiger charge is -2.37. The van der Waals surface area contributed by atoms with Crippen LogP contribution < -0.4 is 32.1 Å². The van der Waals surface area contributed by atoms with E-state index in [1.807, 2.05) is 37.2 Å². The van der Waals surface area contributed by atoms with Crippen LogP contribution >= 0.6 is 0 Å². The molecule has 2 atom stereocenters. The quantitative estimate of drug-likeness (QED) is 0.227. The Labute approximate surface area is 265 Å². The molecule has 1 aliphatic carbocycles. The number of carbonyl (C=O) groups excluding carboxylic acids is 3. The predicted octanol–water partition coefficient (Wildman–Crippen LogP) is 3.24. The van der Waals surface area contributed by atoms with Gasteiger partial charge in [0.15, 0.2) is 0 Å². The summed E-state index contributed by atoms with van der Waals surface area (Å²) in [7, 11) is 4.02. The van der Waals surface area contributed by atoms with Crippen LogP contribution in [0.1, 0.15) is 61.5 Å². The van der Waals surface area contributed by atoms with E-state index in [0.717, 1.165) is 42.5 Å². The van der Waals surface area contributed by atoms with Gasteiger partial charge in [-0.15, -0.1) is 0 Å². The minimum absolute atomic E-state index is 0.0833. The van der Waals surface area contributed by atoms with Crippen molar-refractivity contribution in [3.63, 3.8) is 0 Å². The Balaban J connectivity index is 1.12. The summed E-state index contributed by atoms with van der Waals surface area (Å²) >= 11 is 0. The summed E-state index contributed by atoms with van der Waals surface area (Å²) in [6, 6.07) is 17.1. The second kappa shape index (κ2) is 13.8. The SMILES string of the molecule is C=CC(=O)Nc1ccc(C(=O)NC2CCC(NC3NNC4=C3CN(C(=O)N[C@H](CN(C)C)c3ccccc3)C4(C)C)CC2)cc1. The second-order valence-corrected chi connectivity index (χ2v) is 12.9. The Morgan fingerprint density at radius 2 is 1.69 bits per heavy atom. The third-order valence-corrected chi connectivity index (χ3v) is 8.98. The maximum Gasteiger partial charge on any atom is 0.318 e. The molecule has 4 amide bonds. The van der Waals surface area contributed by atoms with Crippen molar-refractivity contribution >= 4 is 23.5 Å². The fourth-order valence-corrected chi connectivity index (χ4v) is 6.46. The van der Waals surface area contributed by atoms with E-state index in [1.54, 1.807) is 24.3 Å². The van der Waals surface area contributed by atoms with Gasteiger partial charge in [-0.2, -0.15) is 0 Å². The number of carbonyl (C=O) groups is 3. The van der Waals surface area contributed by atoms with Crippen LogP contribution in [0.15, 0.2) is 78.5 Å². The molecule has 1 fully saturated rings. The standard InChI is InChI=1S/C34H46N8O3/c1-6-29(43)35-24-14-12-23(13-15-24)32(44)37-26-18-16-25(17-19-26)36-31-27-20-42(34(2,3)30(27)39-40-31)33(45)38-28(21-41(4)5)22-10-8-7-9-11-22/h6-15,25-26,28,31,36,39-40H,1,16-21H2,2-5H3,(H,35,43)(H,37,44)(H,38,45)/t25?,26?,28-,31?/m1/s1. The van der Waals surface area contributed by atoms with Gasteiger partial charge in [-0.05, 0) is 89.5 Å². The summed E-state index contributed by atoms with van der Waals surface area (Å²) < 4.78 is 0. The molecule has 240 valence electrons. The van der Waals surface area contributed by atoms with Gasteiger partial charge >= 0.3 is 6.03 Å². The summed E-state index contributed by atoms with van der Waals surface area (Å²) in [5, 5.41) is 12.9. The number of hydrazine groups is 1. The average molecular weight is 615 g/mol. The van der Waals surface area contributed by atoms with Crippen LogP contribution in [-0.2, 0) is 4.79 Å². The smallest absolute Gasteiger partial charge is 0.318 e. The average Bonchev–Trinajstić information content (AvgIpc) is 3.55. The normalized spacial score (nSPS) is 22.8. The van der Waals surface area contributed by atoms with E-state index in [-0.39, 0.29) is 42.1 Å². The minimum atomic E-state index is -0.500. The van der Waals surface area contributed by atoms with E-state index < -0.39 is 5.54 Å². The zero-order valence-electron chi connectivity index (χ0n) is 26.7. The molecule has 5 rings (SSSR count). The van der Waals surface area contributed by atoms with Crippen LogP contribution in [0, 0.1) is 0 Å². The zero-order valence-corrected chi connectivity index (χ0v) is 26.7. The van der Waals surface area contributed by atoms with Crippen LogP contribution in [0.25, 0.3) is 0 Å². The topological polar surface area (TPSA) is 130 Å². The summed E-state index contributed by atoms with van der Waals surface area (Å²) in [6.45, 7) is 8.83. The fourth-order valence-electron chi connectivity index (χ4n) is 6.46. The van der Waals surface area contributed by atoms with Gasteiger partial charge in [-0.3, -0.25) is 14.9 Å². The molecule has 2 aromatic rings. The van der Waals surface area contributed by atoms with Gasteiger partial charge in [0.05, 0.1) is 17.3 Å². The number of benzene rings is 2. The summed E-state index contributed by atoms with van der Waals surface area (Å²) in [4.78, 5) is 42.0. The Bertz CT molecular complexity index is 1410. The molecule has 1 saturated carbocycles. The molecule has 45 heavy (non-hydrogen) atoms. The molecule has 1 unspecified atom stereocenters. The fraction of sp³-hybridized carbons (Fsp3) is 0.441. The molecular weight excluding hydrogens is 568 g/mol. The van der Waals surface area contributed by atoms with Crippen molar-refractivity contribution < 1.29 is 14.4 Å². The van der Waals surface area contributed by atoms with E-state index in [4.69, 9.17) is 0 Å². The number of amides is 4. The van der Waals surface area contributed by atoms with E-state index in [1.165, 1.54) is 6.08 Å². The van der Waals surface area contributed by atoms with Crippen molar-refractivity contribution in [1.82, 2.24) is 36.6 Å². The maximum atomic E-state index is 13.7. The number of rotatable bonds is 10. The number of hydrogen-bond donors (Lipinski definition) is 6. The highest BCUT2D eigenvalue weighted by Crippen LogP contribution is 2.36. The molecule has 3 aliphatic rings. The Morgan fingerprint density at radius 1 is 1.02 bits per heavy atom. The molecule has 2 heterocycles. The van der Waals surface area contributed by atoms with Gasteiger partial charge < -0.3 is 31.2 Å². The minimum Gasteiger partial charge on any atom is -0.349 e. The number of hydrogen-bond acceptors (Lipinski definition) is 7. The summed E-state index contributed by atoms with van der Waals surface area (Å²) in [5.41, 5.74) is 10.7. The molecular formula is C34H46N8O3. The molecule has 0 bridgehead atoms. The molecule has 2 aliphatic heterocycles. The van der Waals surface area contributed by atoms with Gasteiger partial charge in [-0.1, -0.05) is 36.9 Å². The molecule has 11 nitrogen and oxygen atoms in total. The van der Waals surface area contributed by atoms with Gasteiger partial charge in [0.1, 0.15) is 6.17 Å². The lowest BCUT2D eigenvalue weighted by Crippen LogP contribution is -2.57. The van der Waals surface area contributed by atoms with Gasteiger partial charge in [0, 0.05) is 42.0 Å². The molecule has 0 aromatic heterocycles. The van der Waals surface area contributed by atoms with Gasteiger partial charge in [-0.25, -0.2) is 10.2 Å². The third kappa shape index (κ3) is 7.55. The van der Waals surface area contributed by atoms with Crippen LogP contribution in [0.4, 0.5) is 10.5 Å². The first kappa shape index (κ1) is 32.2. The predicted molar refractivity (Wildman–Crippen MR) is 176 cm³/mol. The monoisotopic (exact) mass is 614 g/mol. The Morgan fingerprint density at radius 3 is 2.33 bits per heavy atom. The number of likely N-dealkylation sites (N-methyl/N-ethyl adjacent to an activating group) is 1. The third-order valence-electron chi connectivity index (χ3n) is 8.98. The molecule has 6 N–H and O–H groups in total. The molecule has 0 radical (unpaired) electrons. The van der Waals surface area contributed by atoms with Crippen molar-refractivity contribution in [1.29, 1.82) is 0 Å². The molecule has 11 heteroatoms. The first-order valence-corrected chi connectivity index (χ1v) is 15.7. The zero-order chi connectivity index (χ0) is 32.1. The van der Waals surface area contributed by atoms with Crippen molar-refractivity contribution in [2.45, 2.75) is 69.4 Å². The van der Waals surface area contributed by atoms with Gasteiger partial charge in [0.25, 0.3) is 5.91 Å². The van der Waals surface area contributed by atoms with E-state index >= 15 is 0 Å². The highest BCUT2D eigenvalue weighted by molar-refractivity contribution is 5.99. The Kier molecular flexibility index (Phi) is 9.91. The van der Waals surface area contributed by atoms with E-state index in [9.17, 15) is 14.4 Å². The van der Waals surface area contributed by atoms with Crippen molar-refractivity contribution in [2.24, 2.45) is 0 Å². The van der Waals surface area contributed by atoms with Crippen LogP contribution in [0.5, 0.6) is 0 Å². The molecule has 0 spiro atoms. The lowest BCUT2D eigenvalue weighted by atomic mass is 9.90. The molecule has 0 saturated heterocycles. The first-order valence-electron chi connectivity index (χ1n) is 15.7. The van der Waals surface area contributed by atoms with E-state index in [0.29, 0.717) is 24.3 Å². The highest BCUT2D eigenvalue weighted by atomic mass is 16.2. The van der Waals surface area contributed by atoms with E-state index in [2.05, 4.69) is 69.6 Å². The molecule has 2 aromatic carbocycles. The summed E-state index contributed by atoms with van der Waals surface area (Å²) in [6.07, 6.45) is 4.72.